The Labute approximate surface area is 182 Å². The molecule has 0 saturated carbocycles. The second-order valence-corrected chi connectivity index (χ2v) is 8.30. The summed E-state index contributed by atoms with van der Waals surface area (Å²) in [6, 6.07) is 18.1. The highest BCUT2D eigenvalue weighted by molar-refractivity contribution is 8.00. The van der Waals surface area contributed by atoms with Crippen LogP contribution in [0.4, 0.5) is 5.69 Å². The number of carboxylic acid groups (broad SMARTS) is 1. The number of nitrogens with zero attached hydrogens (tertiary/aromatic N) is 3. The molecule has 1 unspecified atom stereocenters. The van der Waals surface area contributed by atoms with E-state index in [2.05, 4.69) is 9.98 Å². The zero-order chi connectivity index (χ0) is 21.8. The molecule has 1 aliphatic heterocycles. The molecule has 4 rings (SSSR count). The summed E-state index contributed by atoms with van der Waals surface area (Å²) in [5, 5.41) is 10.1. The molecule has 0 amide bonds. The number of aromatic carboxylic acids is 1. The number of aliphatic imine (C=N–C) groups is 1. The molecule has 0 saturated heterocycles. The summed E-state index contributed by atoms with van der Waals surface area (Å²) in [5.74, 6) is -0.173. The van der Waals surface area contributed by atoms with Gasteiger partial charge in [0.2, 0.25) is 5.17 Å². The number of methoxy groups -OCH3 is 1. The van der Waals surface area contributed by atoms with Crippen molar-refractivity contribution in [1.82, 2.24) is 9.88 Å². The number of aromatic nitrogens is 1. The van der Waals surface area contributed by atoms with Crippen LogP contribution in [-0.4, -0.2) is 44.0 Å². The van der Waals surface area contributed by atoms with Gasteiger partial charge in [-0.1, -0.05) is 24.3 Å². The zero-order valence-electron chi connectivity index (χ0n) is 16.9. The summed E-state index contributed by atoms with van der Waals surface area (Å²) in [6.07, 6.45) is 2.33. The number of benzene rings is 2. The molecule has 0 spiro atoms. The maximum absolute atomic E-state index is 13.0. The van der Waals surface area contributed by atoms with Crippen LogP contribution >= 0.6 is 0 Å². The van der Waals surface area contributed by atoms with Crippen LogP contribution in [0.2, 0.25) is 0 Å². The third-order valence-corrected chi connectivity index (χ3v) is 6.33. The monoisotopic (exact) mass is 435 g/mol. The van der Waals surface area contributed by atoms with E-state index >= 15 is 0 Å². The summed E-state index contributed by atoms with van der Waals surface area (Å²) in [7, 11) is 0.167. The first-order valence-corrected chi connectivity index (χ1v) is 10.9. The number of carbonyl (C=O) groups is 1. The van der Waals surface area contributed by atoms with E-state index < -0.39 is 16.8 Å². The molecule has 2 heterocycles. The molecule has 0 bridgehead atoms. The predicted octanol–water partition coefficient (Wildman–Crippen LogP) is 3.64. The van der Waals surface area contributed by atoms with Crippen molar-refractivity contribution < 1.29 is 18.8 Å². The zero-order valence-corrected chi connectivity index (χ0v) is 17.7. The molecular weight excluding hydrogens is 414 g/mol. The smallest absolute Gasteiger partial charge is 0.335 e. The largest absolute Gasteiger partial charge is 0.497 e. The van der Waals surface area contributed by atoms with Crippen LogP contribution in [-0.2, 0) is 23.8 Å². The van der Waals surface area contributed by atoms with Crippen molar-refractivity contribution in [3.63, 3.8) is 0 Å². The number of hydrogen-bond acceptors (Lipinski definition) is 6. The van der Waals surface area contributed by atoms with Crippen LogP contribution in [0.5, 0.6) is 5.75 Å². The van der Waals surface area contributed by atoms with Gasteiger partial charge < -0.3 is 14.7 Å². The lowest BCUT2D eigenvalue weighted by atomic mass is 10.1. The Balaban J connectivity index is 1.57. The molecular formula is C23H21N3O4S. The second-order valence-electron chi connectivity index (χ2n) is 7.01. The first-order valence-electron chi connectivity index (χ1n) is 9.71. The van der Waals surface area contributed by atoms with E-state index in [0.29, 0.717) is 29.0 Å². The number of amidine groups is 1. The summed E-state index contributed by atoms with van der Waals surface area (Å²) in [4.78, 5) is 21.9. The van der Waals surface area contributed by atoms with Gasteiger partial charge in [-0.2, -0.15) is 0 Å². The van der Waals surface area contributed by atoms with Crippen LogP contribution in [0.15, 0.2) is 76.9 Å². The minimum atomic E-state index is -1.46. The molecule has 1 atom stereocenters. The Hall–Kier alpha value is -3.52. The van der Waals surface area contributed by atoms with Crippen LogP contribution in [0.1, 0.15) is 21.5 Å². The van der Waals surface area contributed by atoms with E-state index in [0.717, 1.165) is 23.3 Å². The van der Waals surface area contributed by atoms with Gasteiger partial charge in [0.05, 0.1) is 12.7 Å². The molecule has 1 aliphatic rings. The Bertz CT molecular complexity index is 1140. The highest BCUT2D eigenvalue weighted by Crippen LogP contribution is 2.29. The summed E-state index contributed by atoms with van der Waals surface area (Å²) in [6.45, 7) is 1.04. The highest BCUT2D eigenvalue weighted by atomic mass is 32.2. The fraction of sp³-hybridized carbons (Fsp3) is 0.174. The normalized spacial score (nSPS) is 14.6. The van der Waals surface area contributed by atoms with Crippen molar-refractivity contribution in [2.75, 3.05) is 13.7 Å². The Morgan fingerprint density at radius 3 is 2.42 bits per heavy atom. The van der Waals surface area contributed by atoms with Crippen LogP contribution in [0.25, 0.3) is 0 Å². The van der Waals surface area contributed by atoms with Gasteiger partial charge in [0.15, 0.2) is 5.03 Å². The molecule has 1 aromatic heterocycles. The van der Waals surface area contributed by atoms with E-state index in [1.54, 1.807) is 49.7 Å². The SMILES string of the molecule is COc1ccc(CCN(Cc2ccc(C(=O)O)cc2)C2=Nc3cccnc3S2=O)cc1. The van der Waals surface area contributed by atoms with Gasteiger partial charge in [-0.05, 0) is 53.9 Å². The molecule has 1 N–H and O–H groups in total. The first kappa shape index (κ1) is 20.7. The maximum atomic E-state index is 13.0. The first-order chi connectivity index (χ1) is 15.0. The summed E-state index contributed by atoms with van der Waals surface area (Å²) < 4.78 is 18.3. The lowest BCUT2D eigenvalue weighted by Crippen LogP contribution is -2.34. The molecule has 0 fully saturated rings. The Morgan fingerprint density at radius 2 is 1.77 bits per heavy atom. The van der Waals surface area contributed by atoms with E-state index in [1.165, 1.54) is 0 Å². The van der Waals surface area contributed by atoms with Gasteiger partial charge in [-0.25, -0.2) is 19.0 Å². The minimum absolute atomic E-state index is 0.229. The minimum Gasteiger partial charge on any atom is -0.497 e. The van der Waals surface area contributed by atoms with Crippen molar-refractivity contribution in [3.05, 3.63) is 83.6 Å². The lowest BCUT2D eigenvalue weighted by molar-refractivity contribution is 0.0697. The Kier molecular flexibility index (Phi) is 6.08. The molecule has 0 radical (unpaired) electrons. The number of pyridine rings is 1. The third-order valence-electron chi connectivity index (χ3n) is 4.98. The fourth-order valence-corrected chi connectivity index (χ4v) is 4.51. The molecule has 31 heavy (non-hydrogen) atoms. The van der Waals surface area contributed by atoms with Crippen LogP contribution in [0.3, 0.4) is 0 Å². The fourth-order valence-electron chi connectivity index (χ4n) is 3.30. The lowest BCUT2D eigenvalue weighted by Gasteiger charge is -2.24. The topological polar surface area (TPSA) is 92.1 Å². The van der Waals surface area contributed by atoms with Gasteiger partial charge in [-0.15, -0.1) is 0 Å². The predicted molar refractivity (Wildman–Crippen MR) is 118 cm³/mol. The van der Waals surface area contributed by atoms with E-state index in [9.17, 15) is 9.00 Å². The molecule has 7 nitrogen and oxygen atoms in total. The summed E-state index contributed by atoms with van der Waals surface area (Å²) in [5.41, 5.74) is 2.87. The van der Waals surface area contributed by atoms with Crippen molar-refractivity contribution in [2.45, 2.75) is 18.0 Å². The molecule has 8 heteroatoms. The van der Waals surface area contributed by atoms with Gasteiger partial charge in [0, 0.05) is 19.3 Å². The van der Waals surface area contributed by atoms with Crippen molar-refractivity contribution >= 4 is 27.6 Å². The van der Waals surface area contributed by atoms with E-state index in [4.69, 9.17) is 9.84 Å². The van der Waals surface area contributed by atoms with E-state index in [1.807, 2.05) is 29.2 Å². The van der Waals surface area contributed by atoms with Gasteiger partial charge >= 0.3 is 5.97 Å². The quantitative estimate of drug-likeness (QED) is 0.609. The van der Waals surface area contributed by atoms with E-state index in [-0.39, 0.29) is 5.56 Å². The maximum Gasteiger partial charge on any atom is 0.335 e. The standard InChI is InChI=1S/C23H21N3O4S/c1-30-19-10-6-16(7-11-19)12-14-26(15-17-4-8-18(9-5-17)22(27)28)23-25-20-3-2-13-24-21(20)31(23)29/h2-11,13H,12,14-15H2,1H3,(H,27,28). The number of carboxylic acids is 1. The van der Waals surface area contributed by atoms with Crippen molar-refractivity contribution in [2.24, 2.45) is 4.99 Å². The number of ether oxygens (including phenoxy) is 1. The van der Waals surface area contributed by atoms with Crippen molar-refractivity contribution in [1.29, 1.82) is 0 Å². The highest BCUT2D eigenvalue weighted by Gasteiger charge is 2.29. The van der Waals surface area contributed by atoms with Crippen LogP contribution < -0.4 is 4.74 Å². The number of fused-ring (bicyclic) bond motifs is 1. The molecule has 158 valence electrons. The number of rotatable bonds is 7. The molecule has 2 aromatic carbocycles. The van der Waals surface area contributed by atoms with Gasteiger partial charge in [0.1, 0.15) is 22.2 Å². The van der Waals surface area contributed by atoms with Crippen LogP contribution in [0, 0.1) is 0 Å². The average molecular weight is 436 g/mol. The number of hydrogen-bond donors (Lipinski definition) is 1. The molecule has 3 aromatic rings. The average Bonchev–Trinajstić information content (AvgIpc) is 3.14. The Morgan fingerprint density at radius 1 is 1.06 bits per heavy atom. The third kappa shape index (κ3) is 4.64. The second kappa shape index (κ2) is 9.09. The van der Waals surface area contributed by atoms with Gasteiger partial charge in [0.25, 0.3) is 0 Å². The molecule has 0 aliphatic carbocycles. The van der Waals surface area contributed by atoms with Gasteiger partial charge in [-0.3, -0.25) is 0 Å². The summed E-state index contributed by atoms with van der Waals surface area (Å²) >= 11 is 0. The van der Waals surface area contributed by atoms with Crippen molar-refractivity contribution in [3.8, 4) is 5.75 Å².